The second-order valence-corrected chi connectivity index (χ2v) is 33.0. The number of para-hydroxylation sites is 2. The van der Waals surface area contributed by atoms with Gasteiger partial charge < -0.3 is 15.9 Å². The number of rotatable bonds is 18. The lowest BCUT2D eigenvalue weighted by atomic mass is 9.86. The van der Waals surface area contributed by atoms with Gasteiger partial charge in [-0.25, -0.2) is 46.2 Å². The minimum absolute atomic E-state index is 0.0705. The molecule has 0 saturated heterocycles. The summed E-state index contributed by atoms with van der Waals surface area (Å²) in [4.78, 5) is 37.3. The van der Waals surface area contributed by atoms with Gasteiger partial charge in [0.05, 0.1) is 28.1 Å². The molecule has 0 amide bonds. The fourth-order valence-corrected chi connectivity index (χ4v) is 15.5. The van der Waals surface area contributed by atoms with Gasteiger partial charge in [0.25, 0.3) is 21.1 Å². The van der Waals surface area contributed by atoms with E-state index in [1.165, 1.54) is 38.4 Å². The van der Waals surface area contributed by atoms with Crippen molar-refractivity contribution in [3.05, 3.63) is 194 Å². The molecule has 0 aliphatic heterocycles. The number of carbonyl (C=O) groups is 2. The van der Waals surface area contributed by atoms with Crippen LogP contribution < -0.4 is 16.0 Å². The van der Waals surface area contributed by atoms with Crippen LogP contribution in [-0.4, -0.2) is 98.9 Å². The lowest BCUT2D eigenvalue weighted by molar-refractivity contribution is -0.143. The Morgan fingerprint density at radius 3 is 1.32 bits per heavy atom. The second kappa shape index (κ2) is 29.7. The lowest BCUT2D eigenvalue weighted by Gasteiger charge is -2.21. The number of anilines is 1. The summed E-state index contributed by atoms with van der Waals surface area (Å²) in [6.45, 7) is 3.91. The largest absolute Gasteiger partial charge is 0.435 e. The molecule has 38 heteroatoms. The van der Waals surface area contributed by atoms with Crippen molar-refractivity contribution in [3.63, 3.8) is 0 Å². The molecule has 6 atom stereocenters. The molecular weight excluding hydrogens is 1580 g/mol. The first kappa shape index (κ1) is 82.3. The van der Waals surface area contributed by atoms with Crippen molar-refractivity contribution < 1.29 is 98.1 Å². The monoisotopic (exact) mass is 1640 g/mol. The molecule has 21 nitrogen and oxygen atoms in total. The molecule has 0 spiro atoms. The molecule has 2 fully saturated rings. The number of aryl methyl sites for hydroxylation is 2. The molecule has 14 rings (SSSR count). The first-order valence-corrected chi connectivity index (χ1v) is 38.4. The molecule has 6 aromatic heterocycles. The highest BCUT2D eigenvalue weighted by Gasteiger charge is 2.69. The van der Waals surface area contributed by atoms with Crippen LogP contribution in [0.1, 0.15) is 151 Å². The summed E-state index contributed by atoms with van der Waals surface area (Å²) in [6, 6.07) is 22.0. The van der Waals surface area contributed by atoms with Crippen LogP contribution in [0.3, 0.4) is 0 Å². The number of aliphatic hydroxyl groups is 2. The third kappa shape index (κ3) is 18.1. The zero-order valence-corrected chi connectivity index (χ0v) is 62.5. The number of ketones is 2. The minimum Gasteiger partial charge on any atom is -0.382 e. The predicted molar refractivity (Wildman–Crippen MR) is 383 cm³/mol. The molecule has 10 aromatic rings. The SMILES string of the molecule is Cn1nc(CS(N)(=O)=O)c2cccc(-c3ccc(C#CC(C)(C)O)nc3[C@@H](CC(=O)Cn3nc(C(F)(F)F)c4c3C(F)(F)[C@@H]3C[C@H]43)Cc3cc(F)cc(F)c3)c21.Cn1nc(N)c2cccc(-c3ccc(C#CC(C)(C)O)nc3[C@@H](CC(=O)Cn3nc(C(F)(F)F)c4c3C(F)(F)[C@@H]3C[C@H]43)Cc3cc(F)cc(F)c3)c21.NS(=O)(=O)Cl. The van der Waals surface area contributed by atoms with E-state index in [2.05, 4.69) is 59.9 Å². The van der Waals surface area contributed by atoms with E-state index in [0.717, 1.165) is 24.3 Å². The molecule has 0 radical (unpaired) electrons. The van der Waals surface area contributed by atoms with Gasteiger partial charge in [0.1, 0.15) is 76.1 Å². The van der Waals surface area contributed by atoms with E-state index in [4.69, 9.17) is 20.8 Å². The van der Waals surface area contributed by atoms with Crippen LogP contribution in [0.5, 0.6) is 0 Å². The Kier molecular flexibility index (Phi) is 21.6. The standard InChI is InChI=1S/C38H33F7N6O4S.C37H31F7N6O2.ClH2NO2S/c1-36(2,53)10-9-23-7-8-25(26-5-4-6-27-30(18-56(46,54)55)48-50(3)33(26)27)32(47-23)20(11-19-12-21(39)15-22(40)13-19)14-24(52)17-51-35-31(34(49-51)38(43,44)45)28-16-29(28)37(35,41)42;1-35(2,52)10-9-22-7-8-24(25-5-4-6-26-31(25)49(3)48-34(26)45)30(46-22)19(11-18-12-20(38)15-21(39)13-18)14-23(51)17-50-33-29(32(47-50)37(42,43)44)27-16-28(27)36(33,40)41;1-5(2,3)4/h4-8,12-13,15,20,28-29,53H,11,14,16-18H2,1-3H3,(H2,46,54,55);4-8,12-13,15,19,27-28,52H,11,14,16-17H2,1-3H3,(H2,45,48);(H2,2,3,4)/t20-,28+,29-;19-,27+,28-;/m11./s1. The van der Waals surface area contributed by atoms with Crippen molar-refractivity contribution >= 4 is 69.1 Å². The number of sulfonamides is 1. The van der Waals surface area contributed by atoms with E-state index < -0.39 is 191 Å². The summed E-state index contributed by atoms with van der Waals surface area (Å²) in [5.74, 6) is -8.80. The van der Waals surface area contributed by atoms with Crippen LogP contribution in [0, 0.1) is 58.8 Å². The van der Waals surface area contributed by atoms with Crippen molar-refractivity contribution in [1.29, 1.82) is 0 Å². The van der Waals surface area contributed by atoms with Gasteiger partial charge in [0, 0.05) is 118 Å². The number of Topliss-reactive ketones (excluding diaryl/α,β-unsaturated/α-hetero) is 2. The summed E-state index contributed by atoms with van der Waals surface area (Å²) in [5.41, 5.74) is 1.02. The zero-order valence-electron chi connectivity index (χ0n) is 60.1. The van der Waals surface area contributed by atoms with E-state index in [0.29, 0.717) is 65.6 Å². The molecule has 4 aromatic carbocycles. The third-order valence-electron chi connectivity index (χ3n) is 19.2. The molecule has 2 saturated carbocycles. The number of pyridine rings is 2. The highest BCUT2D eigenvalue weighted by atomic mass is 35.7. The maximum absolute atomic E-state index is 15.4. The number of alkyl halides is 10. The van der Waals surface area contributed by atoms with Gasteiger partial charge in [0.15, 0.2) is 28.8 Å². The average molecular weight is 1640 g/mol. The van der Waals surface area contributed by atoms with Gasteiger partial charge in [-0.2, -0.15) is 72.7 Å². The number of nitrogens with two attached hydrogens (primary N) is 3. The molecule has 6 heterocycles. The highest BCUT2D eigenvalue weighted by Crippen LogP contribution is 2.70. The number of aromatic nitrogens is 10. The zero-order chi connectivity index (χ0) is 82.7. The summed E-state index contributed by atoms with van der Waals surface area (Å²) in [6.07, 6.45) is -11.9. The lowest BCUT2D eigenvalue weighted by Crippen LogP contribution is -2.24. The number of nitrogen functional groups attached to an aromatic ring is 1. The smallest absolute Gasteiger partial charge is 0.382 e. The number of benzene rings is 4. The van der Waals surface area contributed by atoms with Crippen molar-refractivity contribution in [2.45, 2.75) is 144 Å². The normalized spacial score (nSPS) is 17.8. The Morgan fingerprint density at radius 1 is 0.575 bits per heavy atom. The molecule has 8 N–H and O–H groups in total. The maximum atomic E-state index is 15.4. The Labute approximate surface area is 639 Å². The second-order valence-electron chi connectivity index (χ2n) is 29.2. The highest BCUT2D eigenvalue weighted by molar-refractivity contribution is 8.11. The average Bonchev–Trinajstić information content (AvgIpc) is 1.52. The van der Waals surface area contributed by atoms with E-state index in [1.807, 2.05) is 0 Å². The van der Waals surface area contributed by atoms with E-state index in [-0.39, 0.29) is 71.1 Å². The Morgan fingerprint density at radius 2 is 0.947 bits per heavy atom. The van der Waals surface area contributed by atoms with Gasteiger partial charge in [-0.05, 0) is 143 Å². The van der Waals surface area contributed by atoms with E-state index in [9.17, 15) is 80.5 Å². The Bertz CT molecular complexity index is 5860. The number of hydrogen-bond acceptors (Lipinski definition) is 15. The first-order chi connectivity index (χ1) is 52.3. The molecule has 4 aliphatic rings. The predicted octanol–water partition coefficient (Wildman–Crippen LogP) is 12.7. The number of primary sulfonamides is 1. The van der Waals surface area contributed by atoms with Crippen molar-refractivity contribution in [3.8, 4) is 45.9 Å². The Balaban J connectivity index is 0.000000198. The number of halogens is 15. The van der Waals surface area contributed by atoms with Gasteiger partial charge >= 0.3 is 12.4 Å². The fourth-order valence-electron chi connectivity index (χ4n) is 14.9. The van der Waals surface area contributed by atoms with Crippen LogP contribution >= 0.6 is 10.7 Å². The molecule has 596 valence electrons. The van der Waals surface area contributed by atoms with Gasteiger partial charge in [-0.15, -0.1) is 0 Å². The van der Waals surface area contributed by atoms with Crippen molar-refractivity contribution in [2.75, 3.05) is 5.73 Å². The number of hydrogen-bond donors (Lipinski definition) is 5. The number of fused-ring (bicyclic) bond motifs is 8. The quantitative estimate of drug-likeness (QED) is 0.0303. The topological polar surface area (TPSA) is 318 Å². The maximum Gasteiger partial charge on any atom is 0.435 e. The van der Waals surface area contributed by atoms with Crippen molar-refractivity contribution in [2.24, 2.45) is 36.2 Å². The first-order valence-electron chi connectivity index (χ1n) is 34.3. The van der Waals surface area contributed by atoms with Crippen LogP contribution in [0.25, 0.3) is 44.1 Å². The summed E-state index contributed by atoms with van der Waals surface area (Å²) in [5, 5.41) is 46.6. The van der Waals surface area contributed by atoms with Crippen LogP contribution in [-0.2, 0) is 98.8 Å². The summed E-state index contributed by atoms with van der Waals surface area (Å²) >= 11 is 0. The van der Waals surface area contributed by atoms with Gasteiger partial charge in [-0.3, -0.25) is 28.3 Å². The molecule has 113 heavy (non-hydrogen) atoms. The third-order valence-corrected chi connectivity index (χ3v) is 19.9. The van der Waals surface area contributed by atoms with Crippen LogP contribution in [0.4, 0.5) is 67.3 Å². The molecule has 0 unspecified atom stereocenters. The Hall–Kier alpha value is -10.2. The minimum atomic E-state index is -5.06. The van der Waals surface area contributed by atoms with Crippen LogP contribution in [0.2, 0.25) is 0 Å². The number of nitrogens with zero attached hydrogens (tertiary/aromatic N) is 10. The summed E-state index contributed by atoms with van der Waals surface area (Å²) < 4.78 is 250. The van der Waals surface area contributed by atoms with Gasteiger partial charge in [-0.1, -0.05) is 42.2 Å². The molecule has 0 bridgehead atoms. The van der Waals surface area contributed by atoms with Crippen molar-refractivity contribution in [1.82, 2.24) is 49.1 Å². The number of carbonyl (C=O) groups excluding carboxylic acids is 2. The molecular formula is C75H66ClF14N13O8S2. The molecule has 4 aliphatic carbocycles. The van der Waals surface area contributed by atoms with E-state index >= 15 is 17.6 Å². The van der Waals surface area contributed by atoms with Gasteiger partial charge in [0.2, 0.25) is 10.0 Å². The van der Waals surface area contributed by atoms with E-state index in [1.54, 1.807) is 73.4 Å². The summed E-state index contributed by atoms with van der Waals surface area (Å²) in [7, 11) is -0.200. The fraction of sp³-hybridized carbons (Fsp3) is 0.360. The van der Waals surface area contributed by atoms with Crippen LogP contribution in [0.15, 0.2) is 97.1 Å².